The number of aryl methyl sites for hydroxylation is 1. The number of aromatic nitrogens is 4. The number of methoxy groups -OCH3 is 1. The molecule has 0 saturated carbocycles. The van der Waals surface area contributed by atoms with Crippen LogP contribution in [0.2, 0.25) is 0 Å². The minimum atomic E-state index is 0.779. The summed E-state index contributed by atoms with van der Waals surface area (Å²) in [6.45, 7) is 2.09. The van der Waals surface area contributed by atoms with E-state index < -0.39 is 0 Å². The maximum atomic E-state index is 5.70. The van der Waals surface area contributed by atoms with Crippen molar-refractivity contribution in [2.45, 2.75) is 6.92 Å². The van der Waals surface area contributed by atoms with Crippen molar-refractivity contribution in [2.75, 3.05) is 7.11 Å². The summed E-state index contributed by atoms with van der Waals surface area (Å²) in [5, 5.41) is 2.00. The normalized spacial score (nSPS) is 11.4. The van der Waals surface area contributed by atoms with E-state index in [0.29, 0.717) is 0 Å². The third kappa shape index (κ3) is 2.68. The lowest BCUT2D eigenvalue weighted by Crippen LogP contribution is -2.00. The molecule has 6 aromatic rings. The van der Waals surface area contributed by atoms with Gasteiger partial charge in [0.15, 0.2) is 0 Å². The molecule has 3 aromatic heterocycles. The van der Waals surface area contributed by atoms with Crippen LogP contribution in [0.3, 0.4) is 0 Å². The minimum Gasteiger partial charge on any atom is -0.496 e. The van der Waals surface area contributed by atoms with Gasteiger partial charge in [0, 0.05) is 28.9 Å². The number of hydrogen-bond donors (Lipinski definition) is 0. The van der Waals surface area contributed by atoms with Gasteiger partial charge < -0.3 is 4.74 Å². The summed E-state index contributed by atoms with van der Waals surface area (Å²) in [6, 6.07) is 24.6. The van der Waals surface area contributed by atoms with Crippen LogP contribution in [0.1, 0.15) is 5.56 Å². The van der Waals surface area contributed by atoms with Crippen LogP contribution in [0.25, 0.3) is 49.9 Å². The van der Waals surface area contributed by atoms with Crippen LogP contribution in [0.4, 0.5) is 0 Å². The SMILES string of the molecule is COc1ccccc1-c1nc2c3cccnc3c3ncccc3c2n1-c1ccc(C)cc1. The summed E-state index contributed by atoms with van der Waals surface area (Å²) in [4.78, 5) is 14.5. The maximum absolute atomic E-state index is 5.70. The van der Waals surface area contributed by atoms with Crippen LogP contribution in [0, 0.1) is 6.92 Å². The quantitative estimate of drug-likeness (QED) is 0.327. The van der Waals surface area contributed by atoms with Crippen molar-refractivity contribution in [1.29, 1.82) is 0 Å². The fourth-order valence-electron chi connectivity index (χ4n) is 4.38. The molecule has 0 saturated heterocycles. The molecule has 0 radical (unpaired) electrons. The van der Waals surface area contributed by atoms with E-state index in [0.717, 1.165) is 55.7 Å². The number of para-hydroxylation sites is 1. The van der Waals surface area contributed by atoms with E-state index in [2.05, 4.69) is 52.9 Å². The maximum Gasteiger partial charge on any atom is 0.149 e. The molecular formula is C27H20N4O. The van der Waals surface area contributed by atoms with Gasteiger partial charge in [-0.15, -0.1) is 0 Å². The molecule has 154 valence electrons. The Morgan fingerprint density at radius 1 is 0.719 bits per heavy atom. The number of nitrogens with zero attached hydrogens (tertiary/aromatic N) is 4. The van der Waals surface area contributed by atoms with Crippen molar-refractivity contribution in [2.24, 2.45) is 0 Å². The Bertz CT molecular complexity index is 1620. The molecule has 5 heteroatoms. The first-order chi connectivity index (χ1) is 15.8. The zero-order chi connectivity index (χ0) is 21.7. The van der Waals surface area contributed by atoms with Crippen molar-refractivity contribution in [3.05, 3.63) is 90.8 Å². The van der Waals surface area contributed by atoms with E-state index in [1.54, 1.807) is 13.3 Å². The summed E-state index contributed by atoms with van der Waals surface area (Å²) in [7, 11) is 1.69. The molecule has 0 spiro atoms. The molecule has 0 aliphatic heterocycles. The second-order valence-corrected chi connectivity index (χ2v) is 7.80. The van der Waals surface area contributed by atoms with Gasteiger partial charge in [0.25, 0.3) is 0 Å². The molecule has 6 rings (SSSR count). The molecular weight excluding hydrogens is 396 g/mol. The van der Waals surface area contributed by atoms with Gasteiger partial charge in [-0.1, -0.05) is 29.8 Å². The summed E-state index contributed by atoms with van der Waals surface area (Å²) >= 11 is 0. The average Bonchev–Trinajstić information content (AvgIpc) is 3.25. The third-order valence-corrected chi connectivity index (χ3v) is 5.87. The smallest absolute Gasteiger partial charge is 0.149 e. The minimum absolute atomic E-state index is 0.779. The topological polar surface area (TPSA) is 52.8 Å². The van der Waals surface area contributed by atoms with E-state index in [1.165, 1.54) is 5.56 Å². The predicted octanol–water partition coefficient (Wildman–Crippen LogP) is 6.11. The van der Waals surface area contributed by atoms with Gasteiger partial charge in [0.1, 0.15) is 11.6 Å². The molecule has 0 N–H and O–H groups in total. The third-order valence-electron chi connectivity index (χ3n) is 5.87. The molecule has 0 aliphatic carbocycles. The van der Waals surface area contributed by atoms with Gasteiger partial charge in [-0.25, -0.2) is 4.98 Å². The van der Waals surface area contributed by atoms with Crippen molar-refractivity contribution in [3.8, 4) is 22.8 Å². The number of pyridine rings is 2. The number of benzene rings is 3. The number of fused-ring (bicyclic) bond motifs is 6. The number of rotatable bonds is 3. The summed E-state index contributed by atoms with van der Waals surface area (Å²) in [6.07, 6.45) is 3.62. The zero-order valence-electron chi connectivity index (χ0n) is 17.8. The van der Waals surface area contributed by atoms with Crippen LogP contribution in [0.5, 0.6) is 5.75 Å². The van der Waals surface area contributed by atoms with Crippen molar-refractivity contribution in [1.82, 2.24) is 19.5 Å². The highest BCUT2D eigenvalue weighted by Gasteiger charge is 2.22. The van der Waals surface area contributed by atoms with Crippen molar-refractivity contribution in [3.63, 3.8) is 0 Å². The van der Waals surface area contributed by atoms with E-state index >= 15 is 0 Å². The Labute approximate surface area is 185 Å². The van der Waals surface area contributed by atoms with E-state index in [1.807, 2.05) is 42.6 Å². The molecule has 0 aliphatic rings. The Kier molecular flexibility index (Phi) is 4.15. The van der Waals surface area contributed by atoms with Gasteiger partial charge in [0.05, 0.1) is 34.7 Å². The van der Waals surface area contributed by atoms with Gasteiger partial charge in [-0.2, -0.15) is 0 Å². The Morgan fingerprint density at radius 2 is 1.41 bits per heavy atom. The molecule has 0 atom stereocenters. The molecule has 3 aromatic carbocycles. The van der Waals surface area contributed by atoms with Crippen LogP contribution < -0.4 is 4.74 Å². The van der Waals surface area contributed by atoms with Crippen LogP contribution in [0.15, 0.2) is 85.2 Å². The lowest BCUT2D eigenvalue weighted by atomic mass is 10.1. The van der Waals surface area contributed by atoms with Gasteiger partial charge in [0.2, 0.25) is 0 Å². The highest BCUT2D eigenvalue weighted by atomic mass is 16.5. The lowest BCUT2D eigenvalue weighted by molar-refractivity contribution is 0.416. The largest absolute Gasteiger partial charge is 0.496 e. The molecule has 0 unspecified atom stereocenters. The molecule has 3 heterocycles. The molecule has 32 heavy (non-hydrogen) atoms. The monoisotopic (exact) mass is 416 g/mol. The van der Waals surface area contributed by atoms with Gasteiger partial charge in [-0.05, 0) is 55.5 Å². The summed E-state index contributed by atoms with van der Waals surface area (Å²) in [5.74, 6) is 1.60. The highest BCUT2D eigenvalue weighted by Crippen LogP contribution is 2.39. The standard InChI is InChI=1S/C27H20N4O/c1-17-11-13-18(14-12-17)31-26-21-9-6-16-29-24(21)23-20(8-5-15-28-23)25(26)30-27(31)19-7-3-4-10-22(19)32-2/h3-16H,1-2H3. The number of imidazole rings is 1. The fourth-order valence-corrected chi connectivity index (χ4v) is 4.38. The first kappa shape index (κ1) is 18.5. The van der Waals surface area contributed by atoms with Crippen LogP contribution in [-0.4, -0.2) is 26.6 Å². The molecule has 0 fully saturated rings. The second kappa shape index (κ2) is 7.17. The van der Waals surface area contributed by atoms with E-state index in [4.69, 9.17) is 14.7 Å². The van der Waals surface area contributed by atoms with E-state index in [-0.39, 0.29) is 0 Å². The van der Waals surface area contributed by atoms with Crippen molar-refractivity contribution >= 4 is 32.8 Å². The lowest BCUT2D eigenvalue weighted by Gasteiger charge is -2.13. The zero-order valence-corrected chi connectivity index (χ0v) is 17.8. The van der Waals surface area contributed by atoms with Crippen LogP contribution >= 0.6 is 0 Å². The predicted molar refractivity (Wildman–Crippen MR) is 128 cm³/mol. The summed E-state index contributed by atoms with van der Waals surface area (Å²) in [5.41, 5.74) is 6.81. The van der Waals surface area contributed by atoms with Crippen molar-refractivity contribution < 1.29 is 4.74 Å². The van der Waals surface area contributed by atoms with Crippen LogP contribution in [-0.2, 0) is 0 Å². The Morgan fingerprint density at radius 3 is 2.16 bits per heavy atom. The fraction of sp³-hybridized carbons (Fsp3) is 0.0741. The number of hydrogen-bond acceptors (Lipinski definition) is 4. The van der Waals surface area contributed by atoms with Gasteiger partial charge >= 0.3 is 0 Å². The molecule has 0 amide bonds. The average molecular weight is 416 g/mol. The molecule has 0 bridgehead atoms. The Hall–Kier alpha value is -4.25. The van der Waals surface area contributed by atoms with E-state index in [9.17, 15) is 0 Å². The van der Waals surface area contributed by atoms with Gasteiger partial charge in [-0.3, -0.25) is 14.5 Å². The first-order valence-corrected chi connectivity index (χ1v) is 10.5. The highest BCUT2D eigenvalue weighted by molar-refractivity contribution is 6.21. The molecule has 5 nitrogen and oxygen atoms in total. The first-order valence-electron chi connectivity index (χ1n) is 10.5. The summed E-state index contributed by atoms with van der Waals surface area (Å²) < 4.78 is 7.91. The Balaban J connectivity index is 1.87. The second-order valence-electron chi connectivity index (χ2n) is 7.80. The number of ether oxygens (including phenoxy) is 1.